The first-order valence-corrected chi connectivity index (χ1v) is 20.1. The number of pyridine rings is 1. The van der Waals surface area contributed by atoms with Gasteiger partial charge in [-0.1, -0.05) is 58.4 Å². The summed E-state index contributed by atoms with van der Waals surface area (Å²) < 4.78 is 15.1. The molecule has 1 saturated heterocycles. The zero-order chi connectivity index (χ0) is 43.0. The zero-order valence-corrected chi connectivity index (χ0v) is 35.6. The zero-order valence-electron chi connectivity index (χ0n) is 35.6. The molecule has 1 aliphatic carbocycles. The molecule has 2 aliphatic rings. The molecule has 318 valence electrons. The number of fused-ring (bicyclic) bond motifs is 1. The molecule has 8 N–H and O–H groups in total. The summed E-state index contributed by atoms with van der Waals surface area (Å²) in [6.07, 6.45) is 12.8. The highest BCUT2D eigenvalue weighted by Gasteiger charge is 2.28. The van der Waals surface area contributed by atoms with Crippen LogP contribution in [-0.2, 0) is 19.7 Å². The summed E-state index contributed by atoms with van der Waals surface area (Å²) in [5.74, 6) is 2.28. The fraction of sp³-hybridized carbons (Fsp3) is 0.512. The maximum atomic E-state index is 11.5. The van der Waals surface area contributed by atoms with E-state index in [1.54, 1.807) is 21.4 Å². The van der Waals surface area contributed by atoms with E-state index in [0.717, 1.165) is 50.2 Å². The fourth-order valence-electron chi connectivity index (χ4n) is 6.98. The van der Waals surface area contributed by atoms with Gasteiger partial charge in [-0.05, 0) is 88.7 Å². The topological polar surface area (TPSA) is 214 Å². The summed E-state index contributed by atoms with van der Waals surface area (Å²) in [5, 5.41) is 31.3. The van der Waals surface area contributed by atoms with Crippen LogP contribution >= 0.6 is 0 Å². The Morgan fingerprint density at radius 2 is 1.81 bits per heavy atom. The third kappa shape index (κ3) is 13.5. The van der Waals surface area contributed by atoms with Crippen molar-refractivity contribution >= 4 is 29.9 Å². The van der Waals surface area contributed by atoms with Gasteiger partial charge in [0.05, 0.1) is 17.6 Å². The number of carbonyl (C=O) groups is 2. The third-order valence-electron chi connectivity index (χ3n) is 9.99. The quantitative estimate of drug-likeness (QED) is 0.0413. The van der Waals surface area contributed by atoms with Crippen molar-refractivity contribution in [3.05, 3.63) is 89.1 Å². The van der Waals surface area contributed by atoms with E-state index >= 15 is 0 Å². The van der Waals surface area contributed by atoms with Crippen LogP contribution in [0.3, 0.4) is 0 Å². The Balaban J connectivity index is 0.000000296. The largest absolute Gasteiger partial charge is 0.484 e. The van der Waals surface area contributed by atoms with Gasteiger partial charge in [-0.2, -0.15) is 5.10 Å². The summed E-state index contributed by atoms with van der Waals surface area (Å²) in [6.45, 7) is 13.8. The molecule has 0 unspecified atom stereocenters. The number of nitrogens with one attached hydrogen (secondary N) is 3. The van der Waals surface area contributed by atoms with Gasteiger partial charge >= 0.3 is 0 Å². The van der Waals surface area contributed by atoms with Crippen LogP contribution in [0.5, 0.6) is 5.75 Å². The highest BCUT2D eigenvalue weighted by molar-refractivity contribution is 5.88. The highest BCUT2D eigenvalue weighted by Crippen LogP contribution is 2.41. The van der Waals surface area contributed by atoms with Crippen LogP contribution in [0.15, 0.2) is 66.8 Å². The Labute approximate surface area is 343 Å². The molecule has 0 saturated carbocycles. The summed E-state index contributed by atoms with van der Waals surface area (Å²) in [6, 6.07) is 14.5. The van der Waals surface area contributed by atoms with E-state index in [1.807, 2.05) is 58.1 Å². The van der Waals surface area contributed by atoms with E-state index in [1.165, 1.54) is 43.5 Å². The Kier molecular flexibility index (Phi) is 18.1. The van der Waals surface area contributed by atoms with Gasteiger partial charge in [0.25, 0.3) is 6.47 Å². The lowest BCUT2D eigenvalue weighted by atomic mass is 9.79. The van der Waals surface area contributed by atoms with Crippen molar-refractivity contribution in [2.24, 2.45) is 11.5 Å². The minimum absolute atomic E-state index is 0.0300. The molecule has 3 atom stereocenters. The van der Waals surface area contributed by atoms with Crippen LogP contribution in [-0.4, -0.2) is 87.4 Å². The Hall–Kier alpha value is -5.57. The van der Waals surface area contributed by atoms with Crippen LogP contribution in [0.4, 0.5) is 5.82 Å². The molecule has 3 heterocycles. The smallest absolute Gasteiger partial charge is 0.290 e. The van der Waals surface area contributed by atoms with Crippen molar-refractivity contribution in [1.29, 1.82) is 10.8 Å². The Morgan fingerprint density at radius 1 is 1.12 bits per heavy atom. The van der Waals surface area contributed by atoms with E-state index in [9.17, 15) is 4.79 Å². The van der Waals surface area contributed by atoms with Crippen LogP contribution in [0.25, 0.3) is 5.70 Å². The number of nitrogens with zero attached hydrogens (tertiary/aromatic N) is 5. The number of allylic oxidation sites excluding steroid dienone is 2. The van der Waals surface area contributed by atoms with Crippen molar-refractivity contribution in [3.8, 4) is 5.75 Å². The van der Waals surface area contributed by atoms with Crippen molar-refractivity contribution in [3.63, 3.8) is 0 Å². The van der Waals surface area contributed by atoms with Gasteiger partial charge in [-0.3, -0.25) is 25.0 Å². The number of benzene rings is 1. The lowest BCUT2D eigenvalue weighted by molar-refractivity contribution is -0.123. The van der Waals surface area contributed by atoms with Gasteiger partial charge in [-0.25, -0.2) is 4.68 Å². The number of rotatable bonds is 11. The average Bonchev–Trinajstić information content (AvgIpc) is 3.60. The molecule has 58 heavy (non-hydrogen) atoms. The average molecular weight is 803 g/mol. The van der Waals surface area contributed by atoms with E-state index in [-0.39, 0.29) is 29.8 Å². The minimum atomic E-state index is -0.250. The molecule has 3 aromatic rings. The minimum Gasteiger partial charge on any atom is -0.484 e. The number of piperidine rings is 1. The van der Waals surface area contributed by atoms with Gasteiger partial charge in [0.1, 0.15) is 29.8 Å². The molecule has 0 radical (unpaired) electrons. The van der Waals surface area contributed by atoms with Gasteiger partial charge < -0.3 is 41.2 Å². The second kappa shape index (κ2) is 22.4. The van der Waals surface area contributed by atoms with E-state index in [0.29, 0.717) is 41.5 Å². The number of amides is 1. The summed E-state index contributed by atoms with van der Waals surface area (Å²) >= 11 is 0. The number of hydrogen-bond acceptors (Lipinski definition) is 10. The van der Waals surface area contributed by atoms with Crippen molar-refractivity contribution in [2.45, 2.75) is 110 Å². The standard InChI is InChI=1S/C25H34N4O.C17H30N6O2.CH2O2/c1-3-8-19-12-14-23(22-11-5-4-10-21(19)22)30-20-13-15-24(26)29(17-20)25(27)28-16-7-6-9-18(28)2;1-12(24)20-16-10-14(17(2,3)4)21-23(16)13(11-18)9-15(19)25-8-7-22(5)6;2-1-3/h4-5,10-11,13,15,17-19,23,26-27H,3,6-9,12,14,16H2,1-2H3;9-11H,7-8,18-19H2,1-6H3,(H,20,24);1H,(H,2,3)/b;13-11+,15-9+;/t18-,19-,23+;;/m0../s1. The number of aromatic nitrogens is 3. The van der Waals surface area contributed by atoms with Crippen molar-refractivity contribution in [2.75, 3.05) is 39.1 Å². The molecule has 0 spiro atoms. The molecule has 2 aromatic heterocycles. The van der Waals surface area contributed by atoms with E-state index in [4.69, 9.17) is 41.7 Å². The maximum absolute atomic E-state index is 11.5. The Morgan fingerprint density at radius 3 is 2.41 bits per heavy atom. The SMILES string of the molecule is CC(=O)Nc1cc(C(C)(C)C)nn1C(/C=C(\N)OCCN(C)C)=C/N.CCC[C@H]1CC[C@@H](Oc2ccc(=N)n(C(=N)N3CCCC[C@@H]3C)c2)c2ccccc21.O=CO. The molecule has 1 amide bonds. The first-order chi connectivity index (χ1) is 27.5. The van der Waals surface area contributed by atoms with E-state index < -0.39 is 0 Å². The molecular formula is C43H66N10O5. The summed E-state index contributed by atoms with van der Waals surface area (Å²) in [4.78, 5) is 24.0. The maximum Gasteiger partial charge on any atom is 0.290 e. The number of nitrogens with two attached hydrogens (primary N) is 2. The van der Waals surface area contributed by atoms with Crippen LogP contribution < -0.4 is 27.0 Å². The molecule has 0 bridgehead atoms. The number of hydrogen-bond donors (Lipinski definition) is 6. The van der Waals surface area contributed by atoms with Crippen molar-refractivity contribution in [1.82, 2.24) is 24.1 Å². The predicted octanol–water partition coefficient (Wildman–Crippen LogP) is 6.40. The van der Waals surface area contributed by atoms with E-state index in [2.05, 4.69) is 53.4 Å². The predicted molar refractivity (Wildman–Crippen MR) is 229 cm³/mol. The fourth-order valence-corrected chi connectivity index (χ4v) is 6.98. The number of likely N-dealkylation sites (N-methyl/N-ethyl adjacent to an activating group) is 1. The number of ether oxygens (including phenoxy) is 2. The molecule has 1 fully saturated rings. The number of carbonyl (C=O) groups excluding carboxylic acids is 1. The first kappa shape index (κ1) is 46.8. The van der Waals surface area contributed by atoms with Gasteiger partial charge in [-0.15, -0.1) is 0 Å². The molecule has 15 heteroatoms. The number of carboxylic acid groups (broad SMARTS) is 1. The van der Waals surface area contributed by atoms with Crippen LogP contribution in [0, 0.1) is 10.8 Å². The molecule has 5 rings (SSSR count). The highest BCUT2D eigenvalue weighted by atomic mass is 16.5. The molecular weight excluding hydrogens is 737 g/mol. The monoisotopic (exact) mass is 803 g/mol. The van der Waals surface area contributed by atoms with Gasteiger partial charge in [0.15, 0.2) is 5.88 Å². The molecule has 15 nitrogen and oxygen atoms in total. The summed E-state index contributed by atoms with van der Waals surface area (Å²) in [7, 11) is 3.90. The first-order valence-electron chi connectivity index (χ1n) is 20.1. The lowest BCUT2D eigenvalue weighted by Crippen LogP contribution is -2.47. The Bertz CT molecular complexity index is 1930. The van der Waals surface area contributed by atoms with Crippen LogP contribution in [0.2, 0.25) is 0 Å². The molecule has 1 aromatic carbocycles. The van der Waals surface area contributed by atoms with Crippen LogP contribution in [0.1, 0.15) is 115 Å². The van der Waals surface area contributed by atoms with Crippen molar-refractivity contribution < 1.29 is 24.2 Å². The number of anilines is 1. The van der Waals surface area contributed by atoms with Gasteiger partial charge in [0, 0.05) is 49.8 Å². The normalized spacial score (nSPS) is 18.2. The lowest BCUT2D eigenvalue weighted by Gasteiger charge is -2.36. The second-order valence-electron chi connectivity index (χ2n) is 15.9. The molecule has 1 aliphatic heterocycles. The third-order valence-corrected chi connectivity index (χ3v) is 9.99. The number of likely N-dealkylation sites (tertiary alicyclic amines) is 1. The summed E-state index contributed by atoms with van der Waals surface area (Å²) in [5.41, 5.74) is 15.8. The van der Waals surface area contributed by atoms with Gasteiger partial charge in [0.2, 0.25) is 11.9 Å². The second-order valence-corrected chi connectivity index (χ2v) is 15.9.